The zero-order valence-electron chi connectivity index (χ0n) is 23.9. The average Bonchev–Trinajstić information content (AvgIpc) is 3.18. The van der Waals surface area contributed by atoms with E-state index in [-0.39, 0.29) is 33.8 Å². The molecule has 0 aromatic heterocycles. The van der Waals surface area contributed by atoms with Crippen LogP contribution in [0, 0.1) is 17.5 Å². The minimum absolute atomic E-state index is 0.0424. The first-order valence-electron chi connectivity index (χ1n) is 14.3. The molecular formula is C32H35Cl2F3N4O2. The van der Waals surface area contributed by atoms with Crippen LogP contribution < -0.4 is 11.1 Å². The third kappa shape index (κ3) is 6.03. The second-order valence-corrected chi connectivity index (χ2v) is 12.4. The molecule has 11 heteroatoms. The number of hydrogen-bond acceptors (Lipinski definition) is 5. The molecule has 5 unspecified atom stereocenters. The normalized spacial score (nSPS) is 26.0. The zero-order valence-corrected chi connectivity index (χ0v) is 25.4. The van der Waals surface area contributed by atoms with Gasteiger partial charge in [0.05, 0.1) is 16.6 Å². The van der Waals surface area contributed by atoms with E-state index in [2.05, 4.69) is 5.32 Å². The molecule has 6 nitrogen and oxygen atoms in total. The van der Waals surface area contributed by atoms with Crippen molar-refractivity contribution in [1.82, 2.24) is 15.1 Å². The summed E-state index contributed by atoms with van der Waals surface area (Å²) in [4.78, 5) is 18.0. The second kappa shape index (κ2) is 12.8. The van der Waals surface area contributed by atoms with E-state index in [0.29, 0.717) is 31.5 Å². The zero-order chi connectivity index (χ0) is 31.1. The molecule has 2 heterocycles. The summed E-state index contributed by atoms with van der Waals surface area (Å²) >= 11 is 12.3. The molecule has 2 aliphatic heterocycles. The van der Waals surface area contributed by atoms with Crippen LogP contribution in [0.4, 0.5) is 13.2 Å². The van der Waals surface area contributed by atoms with E-state index >= 15 is 8.78 Å². The first-order chi connectivity index (χ1) is 20.4. The van der Waals surface area contributed by atoms with Gasteiger partial charge >= 0.3 is 0 Å². The monoisotopic (exact) mass is 634 g/mol. The number of aliphatic hydroxyl groups excluding tert-OH is 1. The fourth-order valence-corrected chi connectivity index (χ4v) is 7.05. The van der Waals surface area contributed by atoms with Crippen molar-refractivity contribution >= 4 is 29.1 Å². The van der Waals surface area contributed by atoms with Gasteiger partial charge in [-0.2, -0.15) is 0 Å². The lowest BCUT2D eigenvalue weighted by Gasteiger charge is -2.37. The number of likely N-dealkylation sites (tertiary alicyclic amines) is 2. The molecule has 0 aliphatic carbocycles. The number of carbonyl (C=O) groups excluding carboxylic acids is 1. The number of piperidine rings is 1. The van der Waals surface area contributed by atoms with E-state index in [1.54, 1.807) is 43.0 Å². The van der Waals surface area contributed by atoms with Gasteiger partial charge < -0.3 is 16.2 Å². The standard InChI is InChI=1S/C32H35Cl2F3N4O2/c1-18-32(38,24-11-10-21(33)16-27(24)36)28(23-7-5-8-25(34)29(23)37)30(41(18)17-20-6-3-4-9-26(20)35)31(43)39-22-12-14-40(15-13-22)19(2)42/h3-11,16,18-19,22,28,30,42H,12-15,17,38H2,1-2H3,(H,39,43). The summed E-state index contributed by atoms with van der Waals surface area (Å²) in [6, 6.07) is 12.6. The molecule has 1 amide bonds. The molecule has 2 fully saturated rings. The summed E-state index contributed by atoms with van der Waals surface area (Å²) < 4.78 is 46.6. The molecular weight excluding hydrogens is 600 g/mol. The summed E-state index contributed by atoms with van der Waals surface area (Å²) in [6.45, 7) is 4.54. The number of amides is 1. The van der Waals surface area contributed by atoms with Crippen LogP contribution in [-0.2, 0) is 16.9 Å². The maximum atomic E-state index is 15.9. The smallest absolute Gasteiger partial charge is 0.238 e. The van der Waals surface area contributed by atoms with Crippen LogP contribution >= 0.6 is 23.2 Å². The largest absolute Gasteiger partial charge is 0.379 e. The van der Waals surface area contributed by atoms with Crippen LogP contribution in [0.2, 0.25) is 10.0 Å². The van der Waals surface area contributed by atoms with Crippen LogP contribution in [0.5, 0.6) is 0 Å². The summed E-state index contributed by atoms with van der Waals surface area (Å²) in [5, 5.41) is 13.1. The van der Waals surface area contributed by atoms with Gasteiger partial charge in [0.25, 0.3) is 0 Å². The molecule has 5 rings (SSSR count). The Hall–Kier alpha value is -2.66. The highest BCUT2D eigenvalue weighted by Crippen LogP contribution is 2.52. The third-order valence-corrected chi connectivity index (χ3v) is 9.60. The van der Waals surface area contributed by atoms with Crippen LogP contribution in [0.3, 0.4) is 0 Å². The highest BCUT2D eigenvalue weighted by molar-refractivity contribution is 6.31. The minimum atomic E-state index is -1.66. The predicted octanol–water partition coefficient (Wildman–Crippen LogP) is 5.54. The van der Waals surface area contributed by atoms with Gasteiger partial charge in [-0.25, -0.2) is 13.2 Å². The summed E-state index contributed by atoms with van der Waals surface area (Å²) in [7, 11) is 0. The fraction of sp³-hybridized carbons (Fsp3) is 0.406. The van der Waals surface area contributed by atoms with Crippen LogP contribution in [0.15, 0.2) is 60.7 Å². The topological polar surface area (TPSA) is 81.8 Å². The van der Waals surface area contributed by atoms with Gasteiger partial charge in [-0.3, -0.25) is 14.6 Å². The van der Waals surface area contributed by atoms with Crippen molar-refractivity contribution in [3.05, 3.63) is 105 Å². The summed E-state index contributed by atoms with van der Waals surface area (Å²) in [6.07, 6.45) is 0.565. The Balaban J connectivity index is 1.64. The van der Waals surface area contributed by atoms with E-state index in [4.69, 9.17) is 28.9 Å². The predicted molar refractivity (Wildman–Crippen MR) is 161 cm³/mol. The van der Waals surface area contributed by atoms with Gasteiger partial charge in [0.1, 0.15) is 23.7 Å². The van der Waals surface area contributed by atoms with Crippen molar-refractivity contribution in [3.63, 3.8) is 0 Å². The second-order valence-electron chi connectivity index (χ2n) is 11.5. The maximum Gasteiger partial charge on any atom is 0.238 e. The van der Waals surface area contributed by atoms with Crippen molar-refractivity contribution < 1.29 is 23.1 Å². The number of nitrogens with zero attached hydrogens (tertiary/aromatic N) is 2. The SMILES string of the molecule is CC(O)N1CCC(NC(=O)C2C(c3cccc(Cl)c3F)C(N)(c3ccc(Cl)cc3F)C(C)N2Cc2ccccc2F)CC1. The number of benzene rings is 3. The Bertz CT molecular complexity index is 1490. The number of nitrogens with two attached hydrogens (primary N) is 1. The molecule has 0 radical (unpaired) electrons. The minimum Gasteiger partial charge on any atom is -0.379 e. The summed E-state index contributed by atoms with van der Waals surface area (Å²) in [5.74, 6) is -3.50. The van der Waals surface area contributed by atoms with Crippen molar-refractivity contribution in [2.75, 3.05) is 13.1 Å². The molecule has 0 bridgehead atoms. The fourth-order valence-electron chi connectivity index (χ4n) is 6.71. The highest BCUT2D eigenvalue weighted by atomic mass is 35.5. The molecule has 3 aromatic carbocycles. The van der Waals surface area contributed by atoms with Crippen molar-refractivity contribution in [1.29, 1.82) is 0 Å². The Labute approximate surface area is 259 Å². The number of nitrogens with one attached hydrogen (secondary N) is 1. The lowest BCUT2D eigenvalue weighted by molar-refractivity contribution is -0.127. The number of rotatable bonds is 7. The molecule has 4 N–H and O–H groups in total. The number of halogens is 5. The lowest BCUT2D eigenvalue weighted by Crippen LogP contribution is -2.53. The first kappa shape index (κ1) is 31.8. The third-order valence-electron chi connectivity index (χ3n) is 9.07. The van der Waals surface area contributed by atoms with Crippen LogP contribution in [-0.4, -0.2) is 58.3 Å². The molecule has 3 aromatic rings. The molecule has 43 heavy (non-hydrogen) atoms. The highest BCUT2D eigenvalue weighted by Gasteiger charge is 2.60. The Kier molecular flexibility index (Phi) is 9.42. The van der Waals surface area contributed by atoms with Gasteiger partial charge in [0, 0.05) is 53.8 Å². The van der Waals surface area contributed by atoms with Gasteiger partial charge in [-0.15, -0.1) is 0 Å². The molecule has 230 valence electrons. The van der Waals surface area contributed by atoms with Gasteiger partial charge in [0.2, 0.25) is 5.91 Å². The number of aliphatic hydroxyl groups is 1. The van der Waals surface area contributed by atoms with E-state index in [9.17, 15) is 14.3 Å². The van der Waals surface area contributed by atoms with Crippen molar-refractivity contribution in [2.24, 2.45) is 5.73 Å². The molecule has 5 atom stereocenters. The van der Waals surface area contributed by atoms with Crippen molar-refractivity contribution in [3.8, 4) is 0 Å². The molecule has 0 spiro atoms. The lowest BCUT2D eigenvalue weighted by atomic mass is 9.71. The van der Waals surface area contributed by atoms with Gasteiger partial charge in [-0.1, -0.05) is 59.6 Å². The van der Waals surface area contributed by atoms with E-state index < -0.39 is 53.1 Å². The number of hydrogen-bond donors (Lipinski definition) is 3. The quantitative estimate of drug-likeness (QED) is 0.318. The molecule has 2 aliphatic rings. The average molecular weight is 636 g/mol. The van der Waals surface area contributed by atoms with Crippen LogP contribution in [0.25, 0.3) is 0 Å². The first-order valence-corrected chi connectivity index (χ1v) is 15.1. The van der Waals surface area contributed by atoms with Crippen LogP contribution in [0.1, 0.15) is 49.3 Å². The van der Waals surface area contributed by atoms with Crippen molar-refractivity contribution in [2.45, 2.75) is 69.0 Å². The van der Waals surface area contributed by atoms with Gasteiger partial charge in [-0.05, 0) is 56.5 Å². The maximum absolute atomic E-state index is 15.9. The van der Waals surface area contributed by atoms with E-state index in [1.807, 2.05) is 4.90 Å². The Morgan fingerprint density at radius 1 is 1.07 bits per heavy atom. The van der Waals surface area contributed by atoms with E-state index in [0.717, 1.165) is 6.07 Å². The van der Waals surface area contributed by atoms with E-state index in [1.165, 1.54) is 30.3 Å². The molecule has 2 saturated heterocycles. The Morgan fingerprint density at radius 2 is 1.77 bits per heavy atom. The van der Waals surface area contributed by atoms with Gasteiger partial charge in [0.15, 0.2) is 0 Å². The Morgan fingerprint density at radius 3 is 2.42 bits per heavy atom. The molecule has 0 saturated carbocycles. The number of carbonyl (C=O) groups is 1. The summed E-state index contributed by atoms with van der Waals surface area (Å²) in [5.41, 5.74) is 5.97.